The molecule has 0 unspecified atom stereocenters. The summed E-state index contributed by atoms with van der Waals surface area (Å²) >= 11 is 2.17. The number of carbonyl (C=O) groups is 2. The van der Waals surface area contributed by atoms with Crippen molar-refractivity contribution in [3.63, 3.8) is 0 Å². The number of pyridine rings is 1. The summed E-state index contributed by atoms with van der Waals surface area (Å²) in [5.74, 6) is -1.10. The average molecular weight is 383 g/mol. The number of hydrogen-bond acceptors (Lipinski definition) is 3. The topological polar surface area (TPSA) is 91.3 Å². The Morgan fingerprint density at radius 1 is 1.05 bits per heavy atom. The van der Waals surface area contributed by atoms with Crippen LogP contribution < -0.4 is 10.6 Å². The summed E-state index contributed by atoms with van der Waals surface area (Å²) in [6.45, 7) is 0. The van der Waals surface area contributed by atoms with Crippen molar-refractivity contribution in [3.8, 4) is 0 Å². The molecule has 7 heteroatoms. The number of carbonyl (C=O) groups excluding carboxylic acids is 1. The van der Waals surface area contributed by atoms with Gasteiger partial charge in [-0.05, 0) is 52.9 Å². The lowest BCUT2D eigenvalue weighted by Crippen LogP contribution is -2.19. The first-order valence-electron chi connectivity index (χ1n) is 5.56. The minimum atomic E-state index is -1.10. The average Bonchev–Trinajstić information content (AvgIpc) is 2.41. The van der Waals surface area contributed by atoms with Gasteiger partial charge in [0, 0.05) is 15.5 Å². The van der Waals surface area contributed by atoms with E-state index in [1.165, 1.54) is 18.5 Å². The molecule has 0 saturated heterocycles. The maximum Gasteiger partial charge on any atom is 0.337 e. The summed E-state index contributed by atoms with van der Waals surface area (Å²) in [6.07, 6.45) is 2.59. The van der Waals surface area contributed by atoms with Crippen LogP contribution in [-0.2, 0) is 0 Å². The highest BCUT2D eigenvalue weighted by Gasteiger charge is 2.07. The van der Waals surface area contributed by atoms with Gasteiger partial charge in [0.05, 0.1) is 17.4 Å². The number of hydrogen-bond donors (Lipinski definition) is 3. The van der Waals surface area contributed by atoms with Gasteiger partial charge in [0.1, 0.15) is 0 Å². The molecular weight excluding hydrogens is 373 g/mol. The smallest absolute Gasteiger partial charge is 0.337 e. The fourth-order valence-corrected chi connectivity index (χ4v) is 1.81. The number of aromatic carboxylic acids is 1. The van der Waals surface area contributed by atoms with Crippen LogP contribution in [0.4, 0.5) is 16.2 Å². The number of urea groups is 1. The molecule has 0 bridgehead atoms. The molecule has 0 fully saturated rings. The fraction of sp³-hybridized carbons (Fsp3) is 0. The zero-order valence-corrected chi connectivity index (χ0v) is 12.3. The molecule has 0 atom stereocenters. The molecule has 0 aliphatic heterocycles. The van der Waals surface area contributed by atoms with E-state index in [0.29, 0.717) is 11.4 Å². The standard InChI is InChI=1S/C13H10IN3O3/c14-9-1-3-10(4-2-9)16-13(20)17-11-5-8(12(18)19)6-15-7-11/h1-7H,(H,18,19)(H2,16,17,20). The van der Waals surface area contributed by atoms with E-state index in [2.05, 4.69) is 38.2 Å². The predicted octanol–water partition coefficient (Wildman–Crippen LogP) is 3.03. The van der Waals surface area contributed by atoms with E-state index >= 15 is 0 Å². The Hall–Kier alpha value is -2.16. The molecule has 6 nitrogen and oxygen atoms in total. The summed E-state index contributed by atoms with van der Waals surface area (Å²) in [4.78, 5) is 26.3. The maximum atomic E-state index is 11.7. The quantitative estimate of drug-likeness (QED) is 0.711. The van der Waals surface area contributed by atoms with Crippen LogP contribution in [0, 0.1) is 3.57 Å². The third-order valence-corrected chi connectivity index (χ3v) is 3.06. The molecule has 102 valence electrons. The van der Waals surface area contributed by atoms with Crippen LogP contribution in [0.5, 0.6) is 0 Å². The van der Waals surface area contributed by atoms with Crippen molar-refractivity contribution in [2.75, 3.05) is 10.6 Å². The molecule has 1 aromatic heterocycles. The van der Waals surface area contributed by atoms with Crippen molar-refractivity contribution in [2.45, 2.75) is 0 Å². The van der Waals surface area contributed by atoms with Gasteiger partial charge in [0.2, 0.25) is 0 Å². The summed E-state index contributed by atoms with van der Waals surface area (Å²) < 4.78 is 1.06. The Morgan fingerprint density at radius 2 is 1.70 bits per heavy atom. The van der Waals surface area contributed by atoms with Gasteiger partial charge in [-0.1, -0.05) is 0 Å². The molecule has 2 amide bonds. The molecule has 2 rings (SSSR count). The highest BCUT2D eigenvalue weighted by molar-refractivity contribution is 14.1. The first-order chi connectivity index (χ1) is 9.54. The SMILES string of the molecule is O=C(Nc1ccc(I)cc1)Nc1cncc(C(=O)O)c1. The van der Waals surface area contributed by atoms with Gasteiger partial charge < -0.3 is 15.7 Å². The zero-order chi connectivity index (χ0) is 14.5. The lowest BCUT2D eigenvalue weighted by atomic mass is 10.2. The Kier molecular flexibility index (Phi) is 4.51. The minimum absolute atomic E-state index is 0.0112. The van der Waals surface area contributed by atoms with Crippen molar-refractivity contribution in [1.82, 2.24) is 4.98 Å². The fourth-order valence-electron chi connectivity index (χ4n) is 1.45. The van der Waals surface area contributed by atoms with E-state index in [-0.39, 0.29) is 5.56 Å². The zero-order valence-electron chi connectivity index (χ0n) is 10.1. The molecule has 1 aromatic carbocycles. The second-order valence-corrected chi connectivity index (χ2v) is 5.10. The van der Waals surface area contributed by atoms with Gasteiger partial charge in [-0.25, -0.2) is 9.59 Å². The van der Waals surface area contributed by atoms with Crippen LogP contribution in [0.3, 0.4) is 0 Å². The third kappa shape index (κ3) is 3.92. The molecule has 0 spiro atoms. The molecule has 3 N–H and O–H groups in total. The number of nitrogens with one attached hydrogen (secondary N) is 2. The lowest BCUT2D eigenvalue weighted by Gasteiger charge is -2.07. The van der Waals surface area contributed by atoms with Crippen LogP contribution in [0.1, 0.15) is 10.4 Å². The Morgan fingerprint density at radius 3 is 2.35 bits per heavy atom. The van der Waals surface area contributed by atoms with E-state index < -0.39 is 12.0 Å². The van der Waals surface area contributed by atoms with E-state index in [0.717, 1.165) is 3.57 Å². The number of nitrogens with zero attached hydrogens (tertiary/aromatic N) is 1. The van der Waals surface area contributed by atoms with E-state index in [1.54, 1.807) is 12.1 Å². The molecular formula is C13H10IN3O3. The van der Waals surface area contributed by atoms with Crippen molar-refractivity contribution in [3.05, 3.63) is 51.9 Å². The number of amides is 2. The highest BCUT2D eigenvalue weighted by atomic mass is 127. The van der Waals surface area contributed by atoms with Crippen molar-refractivity contribution in [2.24, 2.45) is 0 Å². The van der Waals surface area contributed by atoms with E-state index in [9.17, 15) is 9.59 Å². The van der Waals surface area contributed by atoms with E-state index in [4.69, 9.17) is 5.11 Å². The van der Waals surface area contributed by atoms with E-state index in [1.807, 2.05) is 12.1 Å². The van der Waals surface area contributed by atoms with Gasteiger partial charge in [-0.15, -0.1) is 0 Å². The van der Waals surface area contributed by atoms with Gasteiger partial charge in [-0.2, -0.15) is 0 Å². The van der Waals surface area contributed by atoms with Crippen LogP contribution in [0.2, 0.25) is 0 Å². The molecule has 0 saturated carbocycles. The number of carboxylic acids is 1. The Bertz CT molecular complexity index is 644. The number of benzene rings is 1. The highest BCUT2D eigenvalue weighted by Crippen LogP contribution is 2.12. The Balaban J connectivity index is 2.02. The monoisotopic (exact) mass is 383 g/mol. The number of carboxylic acid groups (broad SMARTS) is 1. The van der Waals surface area contributed by atoms with Crippen molar-refractivity contribution in [1.29, 1.82) is 0 Å². The first kappa shape index (κ1) is 14.3. The molecule has 0 aliphatic carbocycles. The molecule has 0 radical (unpaired) electrons. The van der Waals surface area contributed by atoms with Crippen LogP contribution >= 0.6 is 22.6 Å². The third-order valence-electron chi connectivity index (χ3n) is 2.35. The number of rotatable bonds is 3. The summed E-state index contributed by atoms with van der Waals surface area (Å²) in [6, 6.07) is 8.14. The number of halogens is 1. The number of anilines is 2. The summed E-state index contributed by atoms with van der Waals surface area (Å²) in [5, 5.41) is 14.0. The van der Waals surface area contributed by atoms with Crippen molar-refractivity contribution < 1.29 is 14.7 Å². The number of aromatic nitrogens is 1. The van der Waals surface area contributed by atoms with Gasteiger partial charge in [0.15, 0.2) is 0 Å². The largest absolute Gasteiger partial charge is 0.478 e. The molecule has 20 heavy (non-hydrogen) atoms. The minimum Gasteiger partial charge on any atom is -0.478 e. The predicted molar refractivity (Wildman–Crippen MR) is 83.0 cm³/mol. The Labute approximate surface area is 128 Å². The van der Waals surface area contributed by atoms with Crippen molar-refractivity contribution >= 4 is 46.0 Å². The van der Waals surface area contributed by atoms with Gasteiger partial charge in [-0.3, -0.25) is 4.98 Å². The summed E-state index contributed by atoms with van der Waals surface area (Å²) in [7, 11) is 0. The van der Waals surface area contributed by atoms with Gasteiger partial charge in [0.25, 0.3) is 0 Å². The second kappa shape index (κ2) is 6.33. The molecule has 0 aliphatic rings. The van der Waals surface area contributed by atoms with Crippen LogP contribution in [0.25, 0.3) is 0 Å². The first-order valence-corrected chi connectivity index (χ1v) is 6.64. The summed E-state index contributed by atoms with van der Waals surface area (Å²) in [5.41, 5.74) is 0.968. The molecule has 1 heterocycles. The van der Waals surface area contributed by atoms with Gasteiger partial charge >= 0.3 is 12.0 Å². The molecule has 2 aromatic rings. The lowest BCUT2D eigenvalue weighted by molar-refractivity contribution is 0.0696. The van der Waals surface area contributed by atoms with Crippen LogP contribution in [0.15, 0.2) is 42.7 Å². The van der Waals surface area contributed by atoms with Crippen LogP contribution in [-0.4, -0.2) is 22.1 Å². The maximum absolute atomic E-state index is 11.7. The normalized spacial score (nSPS) is 9.85. The second-order valence-electron chi connectivity index (χ2n) is 3.85.